The summed E-state index contributed by atoms with van der Waals surface area (Å²) in [6.45, 7) is 0.0423. The smallest absolute Gasteiger partial charge is 0.408 e. The molecule has 1 atom stereocenters. The standard InChI is InChI=1S/C14H12N2O3/c1-2-7-16(14(18)19)13-6-4-10-3-5-11(15-9-17)8-12(10)13/h1,3,5,8,13H,4,6-7H2,(H,18,19). The molecule has 0 fully saturated rings. The van der Waals surface area contributed by atoms with E-state index in [0.29, 0.717) is 12.1 Å². The van der Waals surface area contributed by atoms with Gasteiger partial charge in [0.05, 0.1) is 18.3 Å². The lowest BCUT2D eigenvalue weighted by Crippen LogP contribution is -2.33. The second kappa shape index (κ2) is 5.38. The van der Waals surface area contributed by atoms with Gasteiger partial charge in [-0.25, -0.2) is 9.59 Å². The fraction of sp³-hybridized carbons (Fsp3) is 0.286. The van der Waals surface area contributed by atoms with E-state index < -0.39 is 6.09 Å². The van der Waals surface area contributed by atoms with Crippen LogP contribution in [-0.4, -0.2) is 28.7 Å². The number of carbonyl (C=O) groups excluding carboxylic acids is 1. The lowest BCUT2D eigenvalue weighted by atomic mass is 10.1. The van der Waals surface area contributed by atoms with Crippen LogP contribution in [0.5, 0.6) is 0 Å². The van der Waals surface area contributed by atoms with Crippen molar-refractivity contribution in [3.05, 3.63) is 29.3 Å². The van der Waals surface area contributed by atoms with E-state index in [0.717, 1.165) is 17.5 Å². The summed E-state index contributed by atoms with van der Waals surface area (Å²) in [4.78, 5) is 26.3. The van der Waals surface area contributed by atoms with Crippen molar-refractivity contribution in [1.82, 2.24) is 4.90 Å². The lowest BCUT2D eigenvalue weighted by molar-refractivity contribution is 0.132. The number of fused-ring (bicyclic) bond motifs is 1. The Morgan fingerprint density at radius 3 is 3.00 bits per heavy atom. The van der Waals surface area contributed by atoms with Crippen molar-refractivity contribution >= 4 is 17.9 Å². The molecule has 1 aromatic rings. The lowest BCUT2D eigenvalue weighted by Gasteiger charge is -2.24. The Kier molecular flexibility index (Phi) is 3.65. The third-order valence-electron chi connectivity index (χ3n) is 3.23. The Hall–Kier alpha value is -2.57. The molecule has 0 spiro atoms. The molecular weight excluding hydrogens is 244 g/mol. The van der Waals surface area contributed by atoms with E-state index in [1.165, 1.54) is 11.0 Å². The van der Waals surface area contributed by atoms with Gasteiger partial charge in [-0.3, -0.25) is 4.90 Å². The van der Waals surface area contributed by atoms with E-state index in [9.17, 15) is 14.7 Å². The molecule has 2 rings (SSSR count). The first-order valence-corrected chi connectivity index (χ1v) is 5.81. The molecule has 1 N–H and O–H groups in total. The van der Waals surface area contributed by atoms with Crippen LogP contribution in [0.15, 0.2) is 23.2 Å². The number of isocyanates is 1. The van der Waals surface area contributed by atoms with Gasteiger partial charge in [-0.2, -0.15) is 4.99 Å². The topological polar surface area (TPSA) is 70.0 Å². The Morgan fingerprint density at radius 1 is 1.58 bits per heavy atom. The van der Waals surface area contributed by atoms with Gasteiger partial charge in [-0.1, -0.05) is 12.0 Å². The molecule has 1 aliphatic carbocycles. The summed E-state index contributed by atoms with van der Waals surface area (Å²) >= 11 is 0. The van der Waals surface area contributed by atoms with Crippen LogP contribution in [0.1, 0.15) is 23.6 Å². The number of carbonyl (C=O) groups is 1. The van der Waals surface area contributed by atoms with E-state index >= 15 is 0 Å². The second-order valence-electron chi connectivity index (χ2n) is 4.26. The van der Waals surface area contributed by atoms with E-state index in [2.05, 4.69) is 10.9 Å². The van der Waals surface area contributed by atoms with Crippen molar-refractivity contribution in [1.29, 1.82) is 0 Å². The summed E-state index contributed by atoms with van der Waals surface area (Å²) in [5.74, 6) is 2.36. The average Bonchev–Trinajstić information content (AvgIpc) is 2.79. The number of rotatable bonds is 3. The number of aryl methyl sites for hydroxylation is 1. The number of benzene rings is 1. The molecule has 1 amide bonds. The molecule has 0 saturated carbocycles. The molecule has 0 aromatic heterocycles. The van der Waals surface area contributed by atoms with Crippen molar-refractivity contribution in [2.24, 2.45) is 4.99 Å². The minimum atomic E-state index is -1.04. The van der Waals surface area contributed by atoms with Crippen LogP contribution < -0.4 is 0 Å². The minimum Gasteiger partial charge on any atom is -0.465 e. The predicted octanol–water partition coefficient (Wildman–Crippen LogP) is 2.25. The number of carboxylic acid groups (broad SMARTS) is 1. The summed E-state index contributed by atoms with van der Waals surface area (Å²) in [5, 5.41) is 9.21. The van der Waals surface area contributed by atoms with Crippen LogP contribution >= 0.6 is 0 Å². The molecule has 1 unspecified atom stereocenters. The first-order chi connectivity index (χ1) is 9.17. The van der Waals surface area contributed by atoms with Gasteiger partial charge in [0.2, 0.25) is 6.08 Å². The van der Waals surface area contributed by atoms with E-state index in [-0.39, 0.29) is 12.6 Å². The molecule has 0 radical (unpaired) electrons. The fourth-order valence-electron chi connectivity index (χ4n) is 2.42. The molecule has 0 aliphatic heterocycles. The highest BCUT2D eigenvalue weighted by Crippen LogP contribution is 2.37. The summed E-state index contributed by atoms with van der Waals surface area (Å²) in [7, 11) is 0. The maximum Gasteiger partial charge on any atom is 0.408 e. The average molecular weight is 256 g/mol. The first-order valence-electron chi connectivity index (χ1n) is 5.81. The van der Waals surface area contributed by atoms with Crippen molar-refractivity contribution in [3.63, 3.8) is 0 Å². The number of nitrogens with zero attached hydrogens (tertiary/aromatic N) is 2. The fourth-order valence-corrected chi connectivity index (χ4v) is 2.42. The second-order valence-corrected chi connectivity index (χ2v) is 4.26. The van der Waals surface area contributed by atoms with E-state index in [1.807, 2.05) is 6.07 Å². The Balaban J connectivity index is 2.39. The highest BCUT2D eigenvalue weighted by molar-refractivity contribution is 5.67. The van der Waals surface area contributed by atoms with Crippen LogP contribution in [0.25, 0.3) is 0 Å². The van der Waals surface area contributed by atoms with Crippen LogP contribution in [-0.2, 0) is 11.2 Å². The molecule has 1 aliphatic rings. The third-order valence-corrected chi connectivity index (χ3v) is 3.23. The number of aliphatic imine (C=N–C) groups is 1. The summed E-state index contributed by atoms with van der Waals surface area (Å²) in [5.41, 5.74) is 2.42. The number of hydrogen-bond donors (Lipinski definition) is 1. The molecule has 0 bridgehead atoms. The molecule has 96 valence electrons. The summed E-state index contributed by atoms with van der Waals surface area (Å²) < 4.78 is 0. The molecule has 0 saturated heterocycles. The van der Waals surface area contributed by atoms with Gasteiger partial charge in [0.1, 0.15) is 0 Å². The number of terminal acetylenes is 1. The van der Waals surface area contributed by atoms with Crippen molar-refractivity contribution in [2.75, 3.05) is 6.54 Å². The Bertz CT molecular complexity index is 597. The molecule has 1 aromatic carbocycles. The highest BCUT2D eigenvalue weighted by Gasteiger charge is 2.30. The van der Waals surface area contributed by atoms with E-state index in [1.54, 1.807) is 12.1 Å². The first kappa shape index (κ1) is 12.9. The molecule has 19 heavy (non-hydrogen) atoms. The van der Waals surface area contributed by atoms with Gasteiger partial charge in [0.25, 0.3) is 0 Å². The quantitative estimate of drug-likeness (QED) is 0.512. The minimum absolute atomic E-state index is 0.0423. The Labute approximate surface area is 110 Å². The zero-order chi connectivity index (χ0) is 13.8. The monoisotopic (exact) mass is 256 g/mol. The van der Waals surface area contributed by atoms with Crippen molar-refractivity contribution < 1.29 is 14.7 Å². The van der Waals surface area contributed by atoms with Crippen LogP contribution in [0.3, 0.4) is 0 Å². The van der Waals surface area contributed by atoms with Gasteiger partial charge in [0, 0.05) is 0 Å². The summed E-state index contributed by atoms with van der Waals surface area (Å²) in [6, 6.07) is 5.04. The van der Waals surface area contributed by atoms with E-state index in [4.69, 9.17) is 6.42 Å². The maximum atomic E-state index is 11.2. The number of hydrogen-bond acceptors (Lipinski definition) is 3. The van der Waals surface area contributed by atoms with Gasteiger partial charge in [0.15, 0.2) is 0 Å². The summed E-state index contributed by atoms with van der Waals surface area (Å²) in [6.07, 6.45) is 7.13. The molecule has 5 heteroatoms. The Morgan fingerprint density at radius 2 is 2.37 bits per heavy atom. The molecule has 0 heterocycles. The van der Waals surface area contributed by atoms with Gasteiger partial charge < -0.3 is 5.11 Å². The molecular formula is C14H12N2O3. The van der Waals surface area contributed by atoms with Crippen molar-refractivity contribution in [2.45, 2.75) is 18.9 Å². The molecule has 5 nitrogen and oxygen atoms in total. The van der Waals surface area contributed by atoms with Gasteiger partial charge >= 0.3 is 6.09 Å². The van der Waals surface area contributed by atoms with Gasteiger partial charge in [-0.15, -0.1) is 6.42 Å². The highest BCUT2D eigenvalue weighted by atomic mass is 16.4. The SMILES string of the molecule is C#CCN(C(=O)O)C1CCc2ccc(N=C=O)cc21. The van der Waals surface area contributed by atoms with Crippen LogP contribution in [0, 0.1) is 12.3 Å². The number of amides is 1. The van der Waals surface area contributed by atoms with Crippen molar-refractivity contribution in [3.8, 4) is 12.3 Å². The maximum absolute atomic E-state index is 11.2. The largest absolute Gasteiger partial charge is 0.465 e. The zero-order valence-corrected chi connectivity index (χ0v) is 10.2. The van der Waals surface area contributed by atoms with Gasteiger partial charge in [-0.05, 0) is 36.1 Å². The normalized spacial score (nSPS) is 16.1. The van der Waals surface area contributed by atoms with Crippen LogP contribution in [0.2, 0.25) is 0 Å². The zero-order valence-electron chi connectivity index (χ0n) is 10.2. The van der Waals surface area contributed by atoms with Crippen LogP contribution in [0.4, 0.5) is 10.5 Å². The predicted molar refractivity (Wildman–Crippen MR) is 68.8 cm³/mol. The third kappa shape index (κ3) is 2.49.